The van der Waals surface area contributed by atoms with Crippen LogP contribution in [0.3, 0.4) is 0 Å². The maximum atomic E-state index is 13.5. The first-order valence-electron chi connectivity index (χ1n) is 7.24. The second-order valence-corrected chi connectivity index (χ2v) is 7.26. The highest BCUT2D eigenvalue weighted by atomic mass is 32.1. The number of anilines is 1. The van der Waals surface area contributed by atoms with Gasteiger partial charge in [0.1, 0.15) is 11.6 Å². The summed E-state index contributed by atoms with van der Waals surface area (Å²) in [5, 5.41) is 15.5. The van der Waals surface area contributed by atoms with Gasteiger partial charge in [-0.1, -0.05) is 0 Å². The van der Waals surface area contributed by atoms with Gasteiger partial charge in [0.2, 0.25) is 0 Å². The van der Waals surface area contributed by atoms with Gasteiger partial charge in [-0.25, -0.2) is 9.37 Å². The average Bonchev–Trinajstić information content (AvgIpc) is 3.21. The van der Waals surface area contributed by atoms with E-state index in [0.717, 1.165) is 22.7 Å². The standard InChI is InChI=1S/C16H12FN3O4S2/c1-8-12(20(22)23)6-14(26-8)15(21)19-16-18-11(7-25-16)10-5-9(17)3-4-13(10)24-2/h3-7H,1-2H3,(H,18,19,21). The van der Waals surface area contributed by atoms with Crippen LogP contribution in [-0.4, -0.2) is 22.9 Å². The van der Waals surface area contributed by atoms with E-state index < -0.39 is 16.6 Å². The number of aromatic nitrogens is 1. The fourth-order valence-electron chi connectivity index (χ4n) is 2.26. The van der Waals surface area contributed by atoms with Gasteiger partial charge in [-0.2, -0.15) is 0 Å². The first-order valence-corrected chi connectivity index (χ1v) is 8.94. The lowest BCUT2D eigenvalue weighted by Crippen LogP contribution is -2.09. The zero-order valence-electron chi connectivity index (χ0n) is 13.6. The highest BCUT2D eigenvalue weighted by Crippen LogP contribution is 2.33. The summed E-state index contributed by atoms with van der Waals surface area (Å²) in [4.78, 5) is 27.6. The molecule has 26 heavy (non-hydrogen) atoms. The number of ether oxygens (including phenoxy) is 1. The van der Waals surface area contributed by atoms with E-state index >= 15 is 0 Å². The predicted molar refractivity (Wildman–Crippen MR) is 97.7 cm³/mol. The number of carbonyl (C=O) groups excluding carboxylic acids is 1. The molecule has 3 rings (SSSR count). The lowest BCUT2D eigenvalue weighted by Gasteiger charge is -2.05. The number of hydrogen-bond donors (Lipinski definition) is 1. The number of thiophene rings is 1. The van der Waals surface area contributed by atoms with Crippen LogP contribution in [0.5, 0.6) is 5.75 Å². The van der Waals surface area contributed by atoms with Crippen molar-refractivity contribution in [1.29, 1.82) is 0 Å². The third kappa shape index (κ3) is 3.55. The van der Waals surface area contributed by atoms with Crippen molar-refractivity contribution >= 4 is 39.4 Å². The molecule has 7 nitrogen and oxygen atoms in total. The summed E-state index contributed by atoms with van der Waals surface area (Å²) in [7, 11) is 1.47. The molecule has 0 unspecified atom stereocenters. The first-order chi connectivity index (χ1) is 12.4. The van der Waals surface area contributed by atoms with Crippen LogP contribution in [-0.2, 0) is 0 Å². The Kier molecular flexibility index (Phi) is 4.96. The molecular weight excluding hydrogens is 381 g/mol. The molecular formula is C16H12FN3O4S2. The van der Waals surface area contributed by atoms with E-state index in [9.17, 15) is 19.3 Å². The van der Waals surface area contributed by atoms with E-state index in [0.29, 0.717) is 27.0 Å². The van der Waals surface area contributed by atoms with Crippen LogP contribution in [0.4, 0.5) is 15.2 Å². The molecule has 0 aliphatic carbocycles. The Balaban J connectivity index is 1.83. The van der Waals surface area contributed by atoms with Gasteiger partial charge in [0.25, 0.3) is 11.6 Å². The number of amides is 1. The highest BCUT2D eigenvalue weighted by molar-refractivity contribution is 7.15. The molecule has 10 heteroatoms. The van der Waals surface area contributed by atoms with E-state index in [1.807, 2.05) is 0 Å². The molecule has 0 spiro atoms. The third-order valence-electron chi connectivity index (χ3n) is 3.47. The van der Waals surface area contributed by atoms with Gasteiger partial charge >= 0.3 is 0 Å². The maximum Gasteiger partial charge on any atom is 0.283 e. The Bertz CT molecular complexity index is 999. The number of nitrogens with zero attached hydrogens (tertiary/aromatic N) is 2. The number of benzene rings is 1. The Labute approximate surface area is 155 Å². The zero-order valence-corrected chi connectivity index (χ0v) is 15.2. The van der Waals surface area contributed by atoms with Crippen molar-refractivity contribution in [3.8, 4) is 17.0 Å². The van der Waals surface area contributed by atoms with Gasteiger partial charge < -0.3 is 4.74 Å². The molecule has 2 aromatic heterocycles. The Hall–Kier alpha value is -2.85. The van der Waals surface area contributed by atoms with Crippen LogP contribution in [0.25, 0.3) is 11.3 Å². The molecule has 1 aromatic carbocycles. The van der Waals surface area contributed by atoms with E-state index in [4.69, 9.17) is 4.74 Å². The summed E-state index contributed by atoms with van der Waals surface area (Å²) in [5.41, 5.74) is 0.825. The smallest absolute Gasteiger partial charge is 0.283 e. The summed E-state index contributed by atoms with van der Waals surface area (Å²) in [6, 6.07) is 5.31. The molecule has 2 heterocycles. The number of rotatable bonds is 5. The van der Waals surface area contributed by atoms with Crippen LogP contribution < -0.4 is 10.1 Å². The summed E-state index contributed by atoms with van der Waals surface area (Å²) < 4.78 is 18.7. The van der Waals surface area contributed by atoms with Gasteiger partial charge in [-0.05, 0) is 25.1 Å². The Morgan fingerprint density at radius 1 is 1.38 bits per heavy atom. The summed E-state index contributed by atoms with van der Waals surface area (Å²) in [6.07, 6.45) is 0. The molecule has 0 aliphatic heterocycles. The molecule has 0 atom stereocenters. The van der Waals surface area contributed by atoms with Gasteiger partial charge in [0.05, 0.1) is 27.5 Å². The van der Waals surface area contributed by atoms with Gasteiger partial charge in [-0.15, -0.1) is 22.7 Å². The zero-order chi connectivity index (χ0) is 18.8. The normalized spacial score (nSPS) is 10.6. The van der Waals surface area contributed by atoms with Crippen LogP contribution in [0.2, 0.25) is 0 Å². The fraction of sp³-hybridized carbons (Fsp3) is 0.125. The fourth-order valence-corrected chi connectivity index (χ4v) is 3.85. The molecule has 0 bridgehead atoms. The number of aryl methyl sites for hydroxylation is 1. The summed E-state index contributed by atoms with van der Waals surface area (Å²) in [5.74, 6) is -0.460. The molecule has 0 aliphatic rings. The largest absolute Gasteiger partial charge is 0.496 e. The number of nitro groups is 1. The summed E-state index contributed by atoms with van der Waals surface area (Å²) in [6.45, 7) is 1.58. The topological polar surface area (TPSA) is 94.4 Å². The van der Waals surface area contributed by atoms with Gasteiger partial charge in [0.15, 0.2) is 5.13 Å². The second kappa shape index (κ2) is 7.18. The maximum absolute atomic E-state index is 13.5. The third-order valence-corrected chi connectivity index (χ3v) is 5.27. The molecule has 1 amide bonds. The second-order valence-electron chi connectivity index (χ2n) is 5.15. The first kappa shape index (κ1) is 18.0. The molecule has 0 fully saturated rings. The number of thiazole rings is 1. The van der Waals surface area contributed by atoms with Crippen molar-refractivity contribution < 1.29 is 18.8 Å². The summed E-state index contributed by atoms with van der Waals surface area (Å²) >= 11 is 2.19. The number of methoxy groups -OCH3 is 1. The lowest BCUT2D eigenvalue weighted by atomic mass is 10.1. The SMILES string of the molecule is COc1ccc(F)cc1-c1csc(NC(=O)c2cc([N+](=O)[O-])c(C)s2)n1. The van der Waals surface area contributed by atoms with Crippen molar-refractivity contribution in [2.75, 3.05) is 12.4 Å². The van der Waals surface area contributed by atoms with Crippen molar-refractivity contribution in [3.05, 3.63) is 55.3 Å². The van der Waals surface area contributed by atoms with Crippen molar-refractivity contribution in [2.45, 2.75) is 6.92 Å². The average molecular weight is 393 g/mol. The molecule has 134 valence electrons. The number of carbonyl (C=O) groups is 1. The Morgan fingerprint density at radius 3 is 2.81 bits per heavy atom. The van der Waals surface area contributed by atoms with Crippen LogP contribution in [0.1, 0.15) is 14.5 Å². The molecule has 0 radical (unpaired) electrons. The van der Waals surface area contributed by atoms with E-state index in [1.54, 1.807) is 12.3 Å². The van der Waals surface area contributed by atoms with Crippen molar-refractivity contribution in [2.24, 2.45) is 0 Å². The van der Waals surface area contributed by atoms with Crippen LogP contribution >= 0.6 is 22.7 Å². The molecule has 0 saturated heterocycles. The molecule has 0 saturated carbocycles. The van der Waals surface area contributed by atoms with E-state index in [-0.39, 0.29) is 10.6 Å². The molecule has 1 N–H and O–H groups in total. The monoisotopic (exact) mass is 393 g/mol. The van der Waals surface area contributed by atoms with E-state index in [2.05, 4.69) is 10.3 Å². The number of hydrogen-bond acceptors (Lipinski definition) is 7. The lowest BCUT2D eigenvalue weighted by molar-refractivity contribution is -0.385. The Morgan fingerprint density at radius 2 is 2.15 bits per heavy atom. The van der Waals surface area contributed by atoms with Gasteiger partial charge in [0, 0.05) is 17.0 Å². The minimum Gasteiger partial charge on any atom is -0.496 e. The van der Waals surface area contributed by atoms with E-state index in [1.165, 1.54) is 31.4 Å². The van der Waals surface area contributed by atoms with Crippen molar-refractivity contribution in [3.63, 3.8) is 0 Å². The van der Waals surface area contributed by atoms with Gasteiger partial charge in [-0.3, -0.25) is 20.2 Å². The highest BCUT2D eigenvalue weighted by Gasteiger charge is 2.20. The predicted octanol–water partition coefficient (Wildman–Crippen LogP) is 4.49. The minimum absolute atomic E-state index is 0.0931. The van der Waals surface area contributed by atoms with Crippen molar-refractivity contribution in [1.82, 2.24) is 4.98 Å². The van der Waals surface area contributed by atoms with Crippen LogP contribution in [0.15, 0.2) is 29.6 Å². The minimum atomic E-state index is -0.527. The molecule has 3 aromatic rings. The number of nitrogens with one attached hydrogen (secondary N) is 1. The number of halogens is 1. The quantitative estimate of drug-likeness (QED) is 0.509. The van der Waals surface area contributed by atoms with Crippen LogP contribution in [0, 0.1) is 22.9 Å².